The molecule has 0 aliphatic heterocycles. The predicted octanol–water partition coefficient (Wildman–Crippen LogP) is 3.15. The van der Waals surface area contributed by atoms with Crippen LogP contribution in [0.1, 0.15) is 18.4 Å². The van der Waals surface area contributed by atoms with Gasteiger partial charge in [0, 0.05) is 10.8 Å². The summed E-state index contributed by atoms with van der Waals surface area (Å²) >= 11 is 1.75. The molecule has 0 saturated carbocycles. The predicted molar refractivity (Wildman–Crippen MR) is 55.5 cm³/mol. The molecule has 1 aromatic rings. The van der Waals surface area contributed by atoms with E-state index in [1.165, 1.54) is 10.5 Å². The zero-order valence-corrected chi connectivity index (χ0v) is 8.19. The minimum Gasteiger partial charge on any atom is -0.130 e. The number of thioether (sulfide) groups is 1. The van der Waals surface area contributed by atoms with Crippen molar-refractivity contribution in [1.82, 2.24) is 0 Å². The third-order valence-corrected chi connectivity index (χ3v) is 2.61. The van der Waals surface area contributed by atoms with Gasteiger partial charge in [-0.2, -0.15) is 0 Å². The second-order valence-electron chi connectivity index (χ2n) is 2.66. The summed E-state index contributed by atoms with van der Waals surface area (Å²) in [5, 5.41) is 0. The van der Waals surface area contributed by atoms with Crippen molar-refractivity contribution >= 4 is 11.8 Å². The monoisotopic (exact) mass is 176 g/mol. The molecule has 1 aromatic carbocycles. The second-order valence-corrected chi connectivity index (χ2v) is 3.54. The molecule has 12 heavy (non-hydrogen) atoms. The highest BCUT2D eigenvalue weighted by atomic mass is 32.2. The lowest BCUT2D eigenvalue weighted by Gasteiger charge is -2.04. The second kappa shape index (κ2) is 4.23. The van der Waals surface area contributed by atoms with Crippen molar-refractivity contribution in [2.45, 2.75) is 17.7 Å². The fourth-order valence-corrected chi connectivity index (χ4v) is 1.40. The van der Waals surface area contributed by atoms with Crippen LogP contribution in [-0.4, -0.2) is 6.26 Å². The standard InChI is InChI=1S/C11H12S/c1-4-9(2)10-5-7-11(12-3)8-6-10/h1,5-9H,2-3H3. The Balaban J connectivity index is 2.86. The summed E-state index contributed by atoms with van der Waals surface area (Å²) in [6, 6.07) is 8.40. The maximum atomic E-state index is 5.32. The van der Waals surface area contributed by atoms with E-state index >= 15 is 0 Å². The number of rotatable bonds is 2. The van der Waals surface area contributed by atoms with Gasteiger partial charge in [-0.15, -0.1) is 18.2 Å². The number of hydrogen-bond acceptors (Lipinski definition) is 1. The first kappa shape index (κ1) is 9.22. The molecule has 0 fully saturated rings. The van der Waals surface area contributed by atoms with E-state index in [9.17, 15) is 0 Å². The Bertz CT molecular complexity index is 279. The molecule has 0 aromatic heterocycles. The Morgan fingerprint density at radius 1 is 1.33 bits per heavy atom. The summed E-state index contributed by atoms with van der Waals surface area (Å²) in [5.41, 5.74) is 1.22. The normalized spacial score (nSPS) is 12.1. The molecule has 1 unspecified atom stereocenters. The molecule has 1 heteroatoms. The molecule has 0 nitrogen and oxygen atoms in total. The molecular weight excluding hydrogens is 164 g/mol. The summed E-state index contributed by atoms with van der Waals surface area (Å²) in [5.74, 6) is 2.93. The van der Waals surface area contributed by atoms with Gasteiger partial charge in [-0.05, 0) is 30.9 Å². The van der Waals surface area contributed by atoms with Crippen LogP contribution in [0.3, 0.4) is 0 Å². The number of hydrogen-bond donors (Lipinski definition) is 0. The van der Waals surface area contributed by atoms with Gasteiger partial charge in [-0.1, -0.05) is 18.1 Å². The topological polar surface area (TPSA) is 0 Å². The van der Waals surface area contributed by atoms with Crippen LogP contribution in [0.5, 0.6) is 0 Å². The molecule has 0 radical (unpaired) electrons. The average Bonchev–Trinajstić information content (AvgIpc) is 2.17. The molecular formula is C11H12S. The third-order valence-electron chi connectivity index (χ3n) is 1.87. The van der Waals surface area contributed by atoms with Gasteiger partial charge in [0.15, 0.2) is 0 Å². The van der Waals surface area contributed by atoms with E-state index in [1.807, 2.05) is 6.92 Å². The summed E-state index contributed by atoms with van der Waals surface area (Å²) in [6.45, 7) is 2.04. The molecule has 0 amide bonds. The van der Waals surface area contributed by atoms with E-state index in [0.717, 1.165) is 0 Å². The largest absolute Gasteiger partial charge is 0.130 e. The lowest BCUT2D eigenvalue weighted by atomic mass is 10.0. The fraction of sp³-hybridized carbons (Fsp3) is 0.273. The van der Waals surface area contributed by atoms with Gasteiger partial charge in [0.25, 0.3) is 0 Å². The molecule has 0 saturated heterocycles. The first-order valence-electron chi connectivity index (χ1n) is 3.88. The zero-order valence-electron chi connectivity index (χ0n) is 7.37. The highest BCUT2D eigenvalue weighted by Gasteiger charge is 1.99. The number of terminal acetylenes is 1. The Kier molecular flexibility index (Phi) is 3.25. The smallest absolute Gasteiger partial charge is 0.0421 e. The first-order valence-corrected chi connectivity index (χ1v) is 5.10. The van der Waals surface area contributed by atoms with Gasteiger partial charge in [0.05, 0.1) is 0 Å². The highest BCUT2D eigenvalue weighted by molar-refractivity contribution is 7.98. The fourth-order valence-electron chi connectivity index (χ4n) is 0.989. The summed E-state index contributed by atoms with van der Waals surface area (Å²) in [7, 11) is 0. The van der Waals surface area contributed by atoms with Crippen molar-refractivity contribution in [3.63, 3.8) is 0 Å². The highest BCUT2D eigenvalue weighted by Crippen LogP contribution is 2.19. The van der Waals surface area contributed by atoms with E-state index in [0.29, 0.717) is 0 Å². The quantitative estimate of drug-likeness (QED) is 0.493. The molecule has 0 aliphatic carbocycles. The summed E-state index contributed by atoms with van der Waals surface area (Å²) in [6.07, 6.45) is 7.39. The van der Waals surface area contributed by atoms with Crippen molar-refractivity contribution in [2.75, 3.05) is 6.26 Å². The molecule has 0 aliphatic rings. The van der Waals surface area contributed by atoms with Crippen LogP contribution in [0.2, 0.25) is 0 Å². The van der Waals surface area contributed by atoms with Crippen molar-refractivity contribution in [1.29, 1.82) is 0 Å². The molecule has 0 spiro atoms. The Morgan fingerprint density at radius 2 is 1.92 bits per heavy atom. The van der Waals surface area contributed by atoms with Crippen LogP contribution < -0.4 is 0 Å². The minimum absolute atomic E-state index is 0.223. The molecule has 0 bridgehead atoms. The van der Waals surface area contributed by atoms with Crippen LogP contribution >= 0.6 is 11.8 Å². The van der Waals surface area contributed by atoms with Crippen molar-refractivity contribution in [3.05, 3.63) is 29.8 Å². The Morgan fingerprint density at radius 3 is 2.33 bits per heavy atom. The van der Waals surface area contributed by atoms with Crippen LogP contribution in [0.15, 0.2) is 29.2 Å². The van der Waals surface area contributed by atoms with Gasteiger partial charge in [-0.3, -0.25) is 0 Å². The third kappa shape index (κ3) is 2.06. The van der Waals surface area contributed by atoms with Crippen molar-refractivity contribution in [2.24, 2.45) is 0 Å². The molecule has 1 rings (SSSR count). The van der Waals surface area contributed by atoms with E-state index in [1.54, 1.807) is 11.8 Å². The maximum Gasteiger partial charge on any atom is 0.0421 e. The summed E-state index contributed by atoms with van der Waals surface area (Å²) in [4.78, 5) is 1.28. The molecule has 1 atom stereocenters. The summed E-state index contributed by atoms with van der Waals surface area (Å²) < 4.78 is 0. The Labute approximate surface area is 78.4 Å². The Hall–Kier alpha value is -0.870. The van der Waals surface area contributed by atoms with E-state index < -0.39 is 0 Å². The van der Waals surface area contributed by atoms with Gasteiger partial charge < -0.3 is 0 Å². The van der Waals surface area contributed by atoms with Crippen LogP contribution in [0.25, 0.3) is 0 Å². The lowest BCUT2D eigenvalue weighted by Crippen LogP contribution is -1.87. The van der Waals surface area contributed by atoms with Crippen molar-refractivity contribution < 1.29 is 0 Å². The maximum absolute atomic E-state index is 5.32. The van der Waals surface area contributed by atoms with E-state index in [-0.39, 0.29) is 5.92 Å². The van der Waals surface area contributed by atoms with Crippen molar-refractivity contribution in [3.8, 4) is 12.3 Å². The van der Waals surface area contributed by atoms with Crippen LogP contribution in [0.4, 0.5) is 0 Å². The number of benzene rings is 1. The molecule has 0 N–H and O–H groups in total. The van der Waals surface area contributed by atoms with Gasteiger partial charge in [0.2, 0.25) is 0 Å². The van der Waals surface area contributed by atoms with Gasteiger partial charge >= 0.3 is 0 Å². The molecule has 0 heterocycles. The van der Waals surface area contributed by atoms with Crippen LogP contribution in [-0.2, 0) is 0 Å². The minimum atomic E-state index is 0.223. The zero-order chi connectivity index (χ0) is 8.97. The van der Waals surface area contributed by atoms with Crippen LogP contribution in [0, 0.1) is 12.3 Å². The SMILES string of the molecule is C#CC(C)c1ccc(SC)cc1. The lowest BCUT2D eigenvalue weighted by molar-refractivity contribution is 1.00. The molecule has 62 valence electrons. The van der Waals surface area contributed by atoms with Gasteiger partial charge in [0.1, 0.15) is 0 Å². The van der Waals surface area contributed by atoms with E-state index in [2.05, 4.69) is 36.4 Å². The van der Waals surface area contributed by atoms with Gasteiger partial charge in [-0.25, -0.2) is 0 Å². The van der Waals surface area contributed by atoms with E-state index in [4.69, 9.17) is 6.42 Å². The first-order chi connectivity index (χ1) is 5.77. The average molecular weight is 176 g/mol.